The minimum Gasteiger partial charge on any atom is -0.398 e. The molecular weight excluding hydrogens is 290 g/mol. The Labute approximate surface area is 124 Å². The summed E-state index contributed by atoms with van der Waals surface area (Å²) in [4.78, 5) is 7.19. The molecule has 0 unspecified atom stereocenters. The molecule has 0 amide bonds. The topological polar surface area (TPSA) is 67.9 Å². The van der Waals surface area contributed by atoms with Crippen LogP contribution in [0.25, 0.3) is 10.8 Å². The van der Waals surface area contributed by atoms with Gasteiger partial charge in [-0.2, -0.15) is 0 Å². The summed E-state index contributed by atoms with van der Waals surface area (Å²) in [7, 11) is 3.92. The van der Waals surface area contributed by atoms with Crippen LogP contribution >= 0.6 is 23.1 Å². The fraction of sp³-hybridized carbons (Fsp3) is 0.154. The van der Waals surface area contributed by atoms with Gasteiger partial charge in [-0.1, -0.05) is 23.1 Å². The van der Waals surface area contributed by atoms with Gasteiger partial charge in [0.05, 0.1) is 0 Å². The van der Waals surface area contributed by atoms with Crippen molar-refractivity contribution in [3.8, 4) is 0 Å². The van der Waals surface area contributed by atoms with Crippen LogP contribution in [0.2, 0.25) is 0 Å². The van der Waals surface area contributed by atoms with Gasteiger partial charge in [0.1, 0.15) is 0 Å². The first kappa shape index (κ1) is 13.1. The number of fused-ring (bicyclic) bond motifs is 1. The van der Waals surface area contributed by atoms with Gasteiger partial charge in [0.25, 0.3) is 0 Å². The summed E-state index contributed by atoms with van der Waals surface area (Å²) in [6, 6.07) is 5.89. The SMILES string of the molecule is CN(C)c1nnc(Sc2ccc(N)c3cnccc23)s1. The van der Waals surface area contributed by atoms with Crippen molar-refractivity contribution >= 4 is 44.7 Å². The summed E-state index contributed by atoms with van der Waals surface area (Å²) < 4.78 is 0.914. The summed E-state index contributed by atoms with van der Waals surface area (Å²) in [5.41, 5.74) is 6.72. The molecule has 0 aliphatic heterocycles. The van der Waals surface area contributed by atoms with Gasteiger partial charge < -0.3 is 10.6 Å². The lowest BCUT2D eigenvalue weighted by atomic mass is 10.1. The predicted octanol–water partition coefficient (Wildman–Crippen LogP) is 2.89. The van der Waals surface area contributed by atoms with E-state index in [1.54, 1.807) is 35.5 Å². The van der Waals surface area contributed by atoms with Crippen molar-refractivity contribution in [3.05, 3.63) is 30.6 Å². The third-order valence-corrected chi connectivity index (χ3v) is 5.01. The Morgan fingerprint density at radius 3 is 2.75 bits per heavy atom. The van der Waals surface area contributed by atoms with Crippen molar-refractivity contribution in [1.29, 1.82) is 0 Å². The summed E-state index contributed by atoms with van der Waals surface area (Å²) in [6.45, 7) is 0. The maximum Gasteiger partial charge on any atom is 0.208 e. The van der Waals surface area contributed by atoms with E-state index in [0.29, 0.717) is 0 Å². The lowest BCUT2D eigenvalue weighted by molar-refractivity contribution is 0.973. The summed E-state index contributed by atoms with van der Waals surface area (Å²) >= 11 is 3.17. The normalized spacial score (nSPS) is 10.9. The largest absolute Gasteiger partial charge is 0.398 e. The third kappa shape index (κ3) is 2.41. The minimum absolute atomic E-state index is 0.740. The van der Waals surface area contributed by atoms with E-state index < -0.39 is 0 Å². The Bertz CT molecular complexity index is 753. The number of pyridine rings is 1. The highest BCUT2D eigenvalue weighted by molar-refractivity contribution is 8.01. The molecule has 0 saturated carbocycles. The van der Waals surface area contributed by atoms with E-state index >= 15 is 0 Å². The molecule has 0 spiro atoms. The molecule has 2 aromatic heterocycles. The second-order valence-corrected chi connectivity index (χ2v) is 6.67. The first-order valence-corrected chi connectivity index (χ1v) is 7.59. The van der Waals surface area contributed by atoms with Crippen LogP contribution in [0.3, 0.4) is 0 Å². The van der Waals surface area contributed by atoms with Crippen molar-refractivity contribution in [2.24, 2.45) is 0 Å². The van der Waals surface area contributed by atoms with Gasteiger partial charge >= 0.3 is 0 Å². The molecule has 0 saturated heterocycles. The Morgan fingerprint density at radius 2 is 2.00 bits per heavy atom. The molecule has 3 aromatic rings. The highest BCUT2D eigenvalue weighted by Crippen LogP contribution is 2.37. The van der Waals surface area contributed by atoms with Crippen molar-refractivity contribution in [2.75, 3.05) is 24.7 Å². The molecular formula is C13H13N5S2. The Hall–Kier alpha value is -1.86. The summed E-state index contributed by atoms with van der Waals surface area (Å²) in [5, 5.41) is 11.3. The van der Waals surface area contributed by atoms with Crippen LogP contribution in [0.5, 0.6) is 0 Å². The number of rotatable bonds is 3. The van der Waals surface area contributed by atoms with E-state index in [9.17, 15) is 0 Å². The van der Waals surface area contributed by atoms with Crippen molar-refractivity contribution in [2.45, 2.75) is 9.24 Å². The maximum atomic E-state index is 5.98. The smallest absolute Gasteiger partial charge is 0.208 e. The van der Waals surface area contributed by atoms with Gasteiger partial charge in [-0.25, -0.2) is 0 Å². The van der Waals surface area contributed by atoms with Crippen LogP contribution in [-0.2, 0) is 0 Å². The van der Waals surface area contributed by atoms with E-state index in [1.165, 1.54) is 0 Å². The fourth-order valence-corrected chi connectivity index (χ4v) is 3.65. The van der Waals surface area contributed by atoms with Gasteiger partial charge in [-0.05, 0) is 18.2 Å². The number of hydrogen-bond acceptors (Lipinski definition) is 7. The second kappa shape index (κ2) is 5.26. The molecule has 7 heteroatoms. The van der Waals surface area contributed by atoms with E-state index in [1.807, 2.05) is 37.2 Å². The lowest BCUT2D eigenvalue weighted by Gasteiger charge is -2.06. The molecule has 1 aromatic carbocycles. The number of nitrogens with two attached hydrogens (primary N) is 1. The van der Waals surface area contributed by atoms with Crippen LogP contribution < -0.4 is 10.6 Å². The van der Waals surface area contributed by atoms with Gasteiger partial charge in [0, 0.05) is 47.8 Å². The molecule has 0 fully saturated rings. The molecule has 3 rings (SSSR count). The van der Waals surface area contributed by atoms with Crippen LogP contribution in [0.1, 0.15) is 0 Å². The van der Waals surface area contributed by atoms with Crippen LogP contribution in [0.15, 0.2) is 39.8 Å². The monoisotopic (exact) mass is 303 g/mol. The van der Waals surface area contributed by atoms with Crippen LogP contribution in [0, 0.1) is 0 Å². The molecule has 102 valence electrons. The zero-order valence-corrected chi connectivity index (χ0v) is 12.7. The standard InChI is InChI=1S/C13H13N5S2/c1-18(2)12-16-17-13(20-12)19-11-4-3-10(14)9-7-15-6-5-8(9)11/h3-7H,14H2,1-2H3. The summed E-state index contributed by atoms with van der Waals surface area (Å²) in [6.07, 6.45) is 3.57. The molecule has 2 N–H and O–H groups in total. The van der Waals surface area contributed by atoms with Crippen LogP contribution in [0.4, 0.5) is 10.8 Å². The van der Waals surface area contributed by atoms with Crippen molar-refractivity contribution < 1.29 is 0 Å². The Kier molecular flexibility index (Phi) is 3.45. The molecule has 5 nitrogen and oxygen atoms in total. The first-order valence-electron chi connectivity index (χ1n) is 5.96. The number of nitrogens with zero attached hydrogens (tertiary/aromatic N) is 4. The molecule has 20 heavy (non-hydrogen) atoms. The Balaban J connectivity index is 2.00. The van der Waals surface area contributed by atoms with Gasteiger partial charge in [-0.3, -0.25) is 4.98 Å². The van der Waals surface area contributed by atoms with Crippen LogP contribution in [-0.4, -0.2) is 29.3 Å². The van der Waals surface area contributed by atoms with Gasteiger partial charge in [-0.15, -0.1) is 10.2 Å². The fourth-order valence-electron chi connectivity index (χ4n) is 1.79. The predicted molar refractivity (Wildman–Crippen MR) is 84.5 cm³/mol. The number of hydrogen-bond donors (Lipinski definition) is 1. The van der Waals surface area contributed by atoms with E-state index in [4.69, 9.17) is 5.73 Å². The minimum atomic E-state index is 0.740. The maximum absolute atomic E-state index is 5.98. The Morgan fingerprint density at radius 1 is 1.15 bits per heavy atom. The summed E-state index contributed by atoms with van der Waals surface area (Å²) in [5.74, 6) is 0. The zero-order valence-electron chi connectivity index (χ0n) is 11.1. The average molecular weight is 303 g/mol. The quantitative estimate of drug-likeness (QED) is 0.750. The third-order valence-electron chi connectivity index (χ3n) is 2.79. The van der Waals surface area contributed by atoms with E-state index in [0.717, 1.165) is 30.8 Å². The number of aromatic nitrogens is 3. The number of nitrogen functional groups attached to an aromatic ring is 1. The van der Waals surface area contributed by atoms with Crippen molar-refractivity contribution in [3.63, 3.8) is 0 Å². The molecule has 0 atom stereocenters. The molecule has 0 aliphatic carbocycles. The number of anilines is 2. The lowest BCUT2D eigenvalue weighted by Crippen LogP contribution is -2.07. The zero-order chi connectivity index (χ0) is 14.1. The highest BCUT2D eigenvalue weighted by Gasteiger charge is 2.10. The molecule has 0 bridgehead atoms. The molecule has 0 radical (unpaired) electrons. The molecule has 0 aliphatic rings. The van der Waals surface area contributed by atoms with E-state index in [2.05, 4.69) is 15.2 Å². The van der Waals surface area contributed by atoms with E-state index in [-0.39, 0.29) is 0 Å². The van der Waals surface area contributed by atoms with Gasteiger partial charge in [0.2, 0.25) is 5.13 Å². The number of benzene rings is 1. The highest BCUT2D eigenvalue weighted by atomic mass is 32.2. The first-order chi connectivity index (χ1) is 9.65. The van der Waals surface area contributed by atoms with Crippen molar-refractivity contribution in [1.82, 2.24) is 15.2 Å². The molecule has 2 heterocycles. The van der Waals surface area contributed by atoms with Gasteiger partial charge in [0.15, 0.2) is 4.34 Å². The second-order valence-electron chi connectivity index (χ2n) is 4.42. The average Bonchev–Trinajstić information content (AvgIpc) is 2.91.